The first-order valence-corrected chi connectivity index (χ1v) is 15.1. The van der Waals surface area contributed by atoms with Crippen LogP contribution in [0.4, 0.5) is 11.4 Å². The van der Waals surface area contributed by atoms with Crippen LogP contribution < -0.4 is 16.0 Å². The van der Waals surface area contributed by atoms with Gasteiger partial charge in [-0.05, 0) is 73.7 Å². The lowest BCUT2D eigenvalue weighted by atomic mass is 10.1. The third-order valence-corrected chi connectivity index (χ3v) is 7.59. The monoisotopic (exact) mass is 618 g/mol. The number of anilines is 2. The van der Waals surface area contributed by atoms with E-state index in [0.717, 1.165) is 21.4 Å². The van der Waals surface area contributed by atoms with Gasteiger partial charge in [-0.3, -0.25) is 14.4 Å². The number of rotatable bonds is 11. The van der Waals surface area contributed by atoms with Crippen LogP contribution in [0.15, 0.2) is 120 Å². The topological polar surface area (TPSA) is 129 Å². The molecule has 5 aromatic rings. The normalized spacial score (nSPS) is 11.1. The predicted octanol–water partition coefficient (Wildman–Crippen LogP) is 6.49. The number of ether oxygens (including phenoxy) is 1. The minimum atomic E-state index is -0.504. The van der Waals surface area contributed by atoms with Crippen LogP contribution >= 0.6 is 11.8 Å². The quantitative estimate of drug-likeness (QED) is 0.0762. The Bertz CT molecular complexity index is 1870. The number of aromatic amines is 1. The van der Waals surface area contributed by atoms with E-state index < -0.39 is 17.8 Å². The molecule has 45 heavy (non-hydrogen) atoms. The van der Waals surface area contributed by atoms with Gasteiger partial charge < -0.3 is 25.7 Å². The van der Waals surface area contributed by atoms with E-state index in [9.17, 15) is 19.2 Å². The molecule has 0 spiro atoms. The minimum Gasteiger partial charge on any atom is -0.462 e. The minimum absolute atomic E-state index is 0.0695. The lowest BCUT2D eigenvalue weighted by Crippen LogP contribution is -2.30. The molecule has 10 heteroatoms. The van der Waals surface area contributed by atoms with E-state index in [1.807, 2.05) is 36.4 Å². The number of aromatic nitrogens is 1. The van der Waals surface area contributed by atoms with Gasteiger partial charge in [-0.15, -0.1) is 11.8 Å². The molecule has 5 rings (SSSR count). The van der Waals surface area contributed by atoms with Gasteiger partial charge in [0, 0.05) is 44.5 Å². The van der Waals surface area contributed by atoms with Crippen LogP contribution in [0.5, 0.6) is 0 Å². The highest BCUT2D eigenvalue weighted by molar-refractivity contribution is 8.00. The molecule has 4 aromatic carbocycles. The second-order valence-corrected chi connectivity index (χ2v) is 10.8. The van der Waals surface area contributed by atoms with Crippen molar-refractivity contribution < 1.29 is 23.9 Å². The molecule has 4 N–H and O–H groups in total. The number of hydrogen-bond donors (Lipinski definition) is 4. The van der Waals surface area contributed by atoms with Crippen LogP contribution in [-0.2, 0) is 14.3 Å². The Balaban J connectivity index is 1.25. The van der Waals surface area contributed by atoms with E-state index in [2.05, 4.69) is 20.9 Å². The number of H-pyrrole nitrogens is 1. The molecule has 0 aliphatic rings. The summed E-state index contributed by atoms with van der Waals surface area (Å²) < 4.78 is 4.98. The highest BCUT2D eigenvalue weighted by Crippen LogP contribution is 2.24. The van der Waals surface area contributed by atoms with Crippen molar-refractivity contribution in [3.05, 3.63) is 132 Å². The number of esters is 1. The molecule has 0 aliphatic carbocycles. The lowest BCUT2D eigenvalue weighted by Gasteiger charge is -2.12. The average molecular weight is 619 g/mol. The van der Waals surface area contributed by atoms with Crippen LogP contribution in [0, 0.1) is 0 Å². The van der Waals surface area contributed by atoms with Gasteiger partial charge in [-0.25, -0.2) is 4.79 Å². The van der Waals surface area contributed by atoms with Gasteiger partial charge in [0.15, 0.2) is 0 Å². The molecule has 0 fully saturated rings. The Morgan fingerprint density at radius 1 is 0.800 bits per heavy atom. The zero-order valence-corrected chi connectivity index (χ0v) is 25.1. The summed E-state index contributed by atoms with van der Waals surface area (Å²) in [5, 5.41) is 9.34. The van der Waals surface area contributed by atoms with Crippen molar-refractivity contribution in [2.75, 3.05) is 23.0 Å². The summed E-state index contributed by atoms with van der Waals surface area (Å²) in [6.45, 7) is 2.02. The predicted molar refractivity (Wildman–Crippen MR) is 177 cm³/mol. The molecule has 0 atom stereocenters. The SMILES string of the molecule is CCOC(=O)c1ccc(NC(=O)CSc2cccc(NC(=O)/C(=C/c3c[nH]c4ccccc34)NC(=O)c3ccccc3)c2)cc1. The van der Waals surface area contributed by atoms with Gasteiger partial charge in [-0.1, -0.05) is 42.5 Å². The number of nitrogens with one attached hydrogen (secondary N) is 4. The van der Waals surface area contributed by atoms with E-state index in [0.29, 0.717) is 22.5 Å². The summed E-state index contributed by atoms with van der Waals surface area (Å²) in [4.78, 5) is 54.9. The summed E-state index contributed by atoms with van der Waals surface area (Å²) >= 11 is 1.30. The molecule has 3 amide bonds. The Hall–Kier alpha value is -5.61. The number of benzene rings is 4. The van der Waals surface area contributed by atoms with Gasteiger partial charge >= 0.3 is 5.97 Å². The van der Waals surface area contributed by atoms with E-state index in [4.69, 9.17) is 4.74 Å². The zero-order chi connectivity index (χ0) is 31.6. The van der Waals surface area contributed by atoms with E-state index in [1.165, 1.54) is 11.8 Å². The van der Waals surface area contributed by atoms with Crippen molar-refractivity contribution in [1.82, 2.24) is 10.3 Å². The number of fused-ring (bicyclic) bond motifs is 1. The second-order valence-electron chi connectivity index (χ2n) is 9.78. The third-order valence-electron chi connectivity index (χ3n) is 6.59. The number of hydrogen-bond acceptors (Lipinski definition) is 6. The maximum Gasteiger partial charge on any atom is 0.338 e. The number of amides is 3. The summed E-state index contributed by atoms with van der Waals surface area (Å²) in [5.74, 6) is -1.45. The highest BCUT2D eigenvalue weighted by atomic mass is 32.2. The van der Waals surface area contributed by atoms with Crippen molar-refractivity contribution in [2.24, 2.45) is 0 Å². The second kappa shape index (κ2) is 14.7. The molecule has 0 bridgehead atoms. The molecule has 1 heterocycles. The van der Waals surface area contributed by atoms with Crippen molar-refractivity contribution in [3.63, 3.8) is 0 Å². The Morgan fingerprint density at radius 2 is 1.56 bits per heavy atom. The molecule has 0 aliphatic heterocycles. The maximum absolute atomic E-state index is 13.5. The van der Waals surface area contributed by atoms with E-state index in [-0.39, 0.29) is 24.0 Å². The fraction of sp³-hybridized carbons (Fsp3) is 0.0857. The molecule has 0 saturated carbocycles. The summed E-state index contributed by atoms with van der Waals surface area (Å²) in [6.07, 6.45) is 3.42. The van der Waals surface area contributed by atoms with Gasteiger partial charge in [0.25, 0.3) is 11.8 Å². The van der Waals surface area contributed by atoms with Crippen molar-refractivity contribution in [3.8, 4) is 0 Å². The Morgan fingerprint density at radius 3 is 2.33 bits per heavy atom. The van der Waals surface area contributed by atoms with Gasteiger partial charge in [0.05, 0.1) is 17.9 Å². The van der Waals surface area contributed by atoms with E-state index >= 15 is 0 Å². The van der Waals surface area contributed by atoms with Gasteiger partial charge in [-0.2, -0.15) is 0 Å². The van der Waals surface area contributed by atoms with Gasteiger partial charge in [0.1, 0.15) is 5.70 Å². The van der Waals surface area contributed by atoms with E-state index in [1.54, 1.807) is 85.9 Å². The summed E-state index contributed by atoms with van der Waals surface area (Å²) in [5.41, 5.74) is 3.60. The number of para-hydroxylation sites is 1. The summed E-state index contributed by atoms with van der Waals surface area (Å²) in [7, 11) is 0. The van der Waals surface area contributed by atoms with Crippen LogP contribution in [0.3, 0.4) is 0 Å². The molecular formula is C35H30N4O5S. The van der Waals surface area contributed by atoms with Crippen molar-refractivity contribution in [2.45, 2.75) is 11.8 Å². The number of carbonyl (C=O) groups excluding carboxylic acids is 4. The van der Waals surface area contributed by atoms with Crippen molar-refractivity contribution >= 4 is 63.8 Å². The number of thioether (sulfide) groups is 1. The number of carbonyl (C=O) groups is 4. The molecule has 1 aromatic heterocycles. The fourth-order valence-corrected chi connectivity index (χ4v) is 5.18. The fourth-order valence-electron chi connectivity index (χ4n) is 4.42. The Kier molecular flexibility index (Phi) is 10.1. The maximum atomic E-state index is 13.5. The molecular weight excluding hydrogens is 588 g/mol. The summed E-state index contributed by atoms with van der Waals surface area (Å²) in [6, 6.07) is 29.9. The van der Waals surface area contributed by atoms with Crippen molar-refractivity contribution in [1.29, 1.82) is 0 Å². The van der Waals surface area contributed by atoms with Crippen LogP contribution in [0.2, 0.25) is 0 Å². The van der Waals surface area contributed by atoms with Crippen LogP contribution in [0.25, 0.3) is 17.0 Å². The molecule has 9 nitrogen and oxygen atoms in total. The third kappa shape index (κ3) is 8.27. The lowest BCUT2D eigenvalue weighted by molar-refractivity contribution is -0.114. The standard InChI is InChI=1S/C35H30N4O5S/c1-2-44-35(43)24-15-17-26(18-16-24)37-32(40)22-45-28-12-8-11-27(20-28)38-34(42)31(39-33(41)23-9-4-3-5-10-23)19-25-21-36-30-14-7-6-13-29(25)30/h3-21,36H,2,22H2,1H3,(H,37,40)(H,38,42)(H,39,41)/b31-19-. The van der Waals surface area contributed by atoms with Crippen LogP contribution in [-0.4, -0.2) is 41.0 Å². The first-order valence-electron chi connectivity index (χ1n) is 14.1. The van der Waals surface area contributed by atoms with Crippen LogP contribution in [0.1, 0.15) is 33.2 Å². The smallest absolute Gasteiger partial charge is 0.338 e. The molecule has 226 valence electrons. The average Bonchev–Trinajstić information content (AvgIpc) is 3.47. The first kappa shape index (κ1) is 30.8. The molecule has 0 saturated heterocycles. The molecule has 0 unspecified atom stereocenters. The molecule has 0 radical (unpaired) electrons. The van der Waals surface area contributed by atoms with Gasteiger partial charge in [0.2, 0.25) is 5.91 Å². The highest BCUT2D eigenvalue weighted by Gasteiger charge is 2.16. The first-order chi connectivity index (χ1) is 21.9. The largest absolute Gasteiger partial charge is 0.462 e. The Labute approximate surface area is 264 Å². The zero-order valence-electron chi connectivity index (χ0n) is 24.3.